The summed E-state index contributed by atoms with van der Waals surface area (Å²) in [6.45, 7) is 8.36. The normalized spacial score (nSPS) is 15.0. The number of nitrogens with one attached hydrogen (secondary N) is 3. The number of hydrogen-bond acceptors (Lipinski definition) is 5. The highest BCUT2D eigenvalue weighted by Gasteiger charge is 2.32. The Morgan fingerprint density at radius 2 is 2.19 bits per heavy atom. The molecule has 9 heteroatoms. The highest BCUT2D eigenvalue weighted by Crippen LogP contribution is 2.32. The Balaban J connectivity index is 0.00000338. The van der Waals surface area contributed by atoms with E-state index in [-0.39, 0.29) is 36.1 Å². The quantitative estimate of drug-likeness (QED) is 0.279. The second kappa shape index (κ2) is 12.3. The fourth-order valence-corrected chi connectivity index (χ4v) is 3.15. The molecule has 26 heavy (non-hydrogen) atoms. The number of hydrogen-bond donors (Lipinski definition) is 3. The minimum absolute atomic E-state index is 0. The lowest BCUT2D eigenvalue weighted by Crippen LogP contribution is -2.42. The summed E-state index contributed by atoms with van der Waals surface area (Å²) >= 11 is 1.67. The molecule has 0 saturated heterocycles. The third-order valence-electron chi connectivity index (χ3n) is 3.90. The van der Waals surface area contributed by atoms with Gasteiger partial charge in [0, 0.05) is 24.9 Å². The number of ether oxygens (including phenoxy) is 1. The predicted octanol–water partition coefficient (Wildman–Crippen LogP) is 2.69. The first-order valence-corrected chi connectivity index (χ1v) is 9.86. The minimum Gasteiger partial charge on any atom is -0.450 e. The zero-order chi connectivity index (χ0) is 18.1. The van der Waals surface area contributed by atoms with Gasteiger partial charge in [0.05, 0.1) is 29.9 Å². The van der Waals surface area contributed by atoms with Gasteiger partial charge in [-0.25, -0.2) is 9.78 Å². The summed E-state index contributed by atoms with van der Waals surface area (Å²) in [5.74, 6) is 1.28. The van der Waals surface area contributed by atoms with Crippen LogP contribution in [0.3, 0.4) is 0 Å². The van der Waals surface area contributed by atoms with Crippen LogP contribution in [0, 0.1) is 12.8 Å². The van der Waals surface area contributed by atoms with Crippen LogP contribution < -0.4 is 16.0 Å². The average Bonchev–Trinajstić information content (AvgIpc) is 3.34. The summed E-state index contributed by atoms with van der Waals surface area (Å²) in [5.41, 5.74) is 1.10. The number of aromatic nitrogens is 1. The Labute approximate surface area is 176 Å². The largest absolute Gasteiger partial charge is 0.450 e. The molecular weight excluding hydrogens is 465 g/mol. The first kappa shape index (κ1) is 22.9. The van der Waals surface area contributed by atoms with Crippen LogP contribution >= 0.6 is 35.3 Å². The van der Waals surface area contributed by atoms with Crippen molar-refractivity contribution in [3.8, 4) is 0 Å². The molecule has 0 radical (unpaired) electrons. The highest BCUT2D eigenvalue weighted by atomic mass is 127. The molecule has 1 atom stereocenters. The summed E-state index contributed by atoms with van der Waals surface area (Å²) in [6, 6.07) is 0.0377. The van der Waals surface area contributed by atoms with Crippen molar-refractivity contribution in [2.24, 2.45) is 10.9 Å². The number of nitrogens with zero attached hydrogens (tertiary/aromatic N) is 2. The standard InChI is InChI=1S/C17H29N5O2S.HI/c1-4-18-16(19-9-8-14-11-25-12(3)21-14)20-10-15(13-6-7-13)22-17(23)24-5-2;/h11,13,15H,4-10H2,1-3H3,(H,22,23)(H2,18,19,20);1H. The van der Waals surface area contributed by atoms with E-state index in [4.69, 9.17) is 4.74 Å². The number of aliphatic imine (C=N–C) groups is 1. The van der Waals surface area contributed by atoms with E-state index in [2.05, 4.69) is 31.3 Å². The molecule has 148 valence electrons. The van der Waals surface area contributed by atoms with Gasteiger partial charge >= 0.3 is 6.09 Å². The summed E-state index contributed by atoms with van der Waals surface area (Å²) in [6.07, 6.45) is 2.79. The van der Waals surface area contributed by atoms with Gasteiger partial charge in [-0.3, -0.25) is 4.99 Å². The van der Waals surface area contributed by atoms with E-state index in [0.29, 0.717) is 19.1 Å². The van der Waals surface area contributed by atoms with E-state index in [0.717, 1.165) is 49.0 Å². The third-order valence-corrected chi connectivity index (χ3v) is 4.72. The van der Waals surface area contributed by atoms with Crippen molar-refractivity contribution in [2.45, 2.75) is 46.1 Å². The lowest BCUT2D eigenvalue weighted by atomic mass is 10.2. The fraction of sp³-hybridized carbons (Fsp3) is 0.706. The van der Waals surface area contributed by atoms with Crippen LogP contribution in [0.2, 0.25) is 0 Å². The Bertz CT molecular complexity index is 577. The molecule has 0 bridgehead atoms. The van der Waals surface area contributed by atoms with Gasteiger partial charge in [-0.2, -0.15) is 0 Å². The molecule has 7 nitrogen and oxygen atoms in total. The van der Waals surface area contributed by atoms with E-state index in [1.165, 1.54) is 0 Å². The molecule has 0 aromatic carbocycles. The minimum atomic E-state index is -0.355. The van der Waals surface area contributed by atoms with Crippen LogP contribution in [0.5, 0.6) is 0 Å². The molecule has 1 aliphatic carbocycles. The number of carbonyl (C=O) groups is 1. The number of rotatable bonds is 9. The maximum atomic E-state index is 11.7. The molecule has 1 heterocycles. The summed E-state index contributed by atoms with van der Waals surface area (Å²) in [4.78, 5) is 20.8. The number of amides is 1. The number of guanidine groups is 1. The number of carbonyl (C=O) groups excluding carboxylic acids is 1. The lowest BCUT2D eigenvalue weighted by molar-refractivity contribution is 0.147. The predicted molar refractivity (Wildman–Crippen MR) is 117 cm³/mol. The average molecular weight is 495 g/mol. The van der Waals surface area contributed by atoms with Crippen molar-refractivity contribution in [3.05, 3.63) is 16.1 Å². The molecular formula is C17H30IN5O2S. The molecule has 1 amide bonds. The smallest absolute Gasteiger partial charge is 0.407 e. The van der Waals surface area contributed by atoms with Gasteiger partial charge in [0.15, 0.2) is 5.96 Å². The third kappa shape index (κ3) is 8.52. The molecule has 1 aromatic rings. The lowest BCUT2D eigenvalue weighted by Gasteiger charge is -2.17. The maximum Gasteiger partial charge on any atom is 0.407 e. The van der Waals surface area contributed by atoms with Gasteiger partial charge in [0.1, 0.15) is 0 Å². The van der Waals surface area contributed by atoms with Crippen LogP contribution in [0.15, 0.2) is 10.4 Å². The Hall–Kier alpha value is -1.10. The van der Waals surface area contributed by atoms with Gasteiger partial charge in [-0.1, -0.05) is 0 Å². The van der Waals surface area contributed by atoms with Crippen molar-refractivity contribution in [1.82, 2.24) is 20.9 Å². The highest BCUT2D eigenvalue weighted by molar-refractivity contribution is 14.0. The first-order chi connectivity index (χ1) is 12.1. The van der Waals surface area contributed by atoms with Crippen LogP contribution in [-0.2, 0) is 11.2 Å². The van der Waals surface area contributed by atoms with Crippen molar-refractivity contribution >= 4 is 47.4 Å². The molecule has 1 aliphatic rings. The van der Waals surface area contributed by atoms with Crippen LogP contribution in [-0.4, -0.2) is 49.3 Å². The number of alkyl carbamates (subject to hydrolysis) is 1. The van der Waals surface area contributed by atoms with Crippen LogP contribution in [0.1, 0.15) is 37.4 Å². The summed E-state index contributed by atoms with van der Waals surface area (Å²) < 4.78 is 4.98. The second-order valence-corrected chi connectivity index (χ2v) is 7.13. The van der Waals surface area contributed by atoms with Crippen molar-refractivity contribution < 1.29 is 9.53 Å². The second-order valence-electron chi connectivity index (χ2n) is 6.06. The fourth-order valence-electron chi connectivity index (χ4n) is 2.50. The molecule has 0 aliphatic heterocycles. The van der Waals surface area contributed by atoms with Gasteiger partial charge in [0.25, 0.3) is 0 Å². The maximum absolute atomic E-state index is 11.7. The van der Waals surface area contributed by atoms with Crippen LogP contribution in [0.4, 0.5) is 4.79 Å². The SMILES string of the molecule is CCNC(=NCC(NC(=O)OCC)C1CC1)NCCc1csc(C)n1.I. The molecule has 3 N–H and O–H groups in total. The van der Waals surface area contributed by atoms with Crippen molar-refractivity contribution in [1.29, 1.82) is 0 Å². The Kier molecular flexibility index (Phi) is 10.9. The van der Waals surface area contributed by atoms with Crippen LogP contribution in [0.25, 0.3) is 0 Å². The monoisotopic (exact) mass is 495 g/mol. The van der Waals surface area contributed by atoms with Gasteiger partial charge < -0.3 is 20.7 Å². The topological polar surface area (TPSA) is 87.6 Å². The number of halogens is 1. The summed E-state index contributed by atoms with van der Waals surface area (Å²) in [5, 5.41) is 12.7. The van der Waals surface area contributed by atoms with Gasteiger partial charge in [-0.05, 0) is 39.5 Å². The van der Waals surface area contributed by atoms with E-state index in [1.807, 2.05) is 13.8 Å². The van der Waals surface area contributed by atoms with E-state index in [1.54, 1.807) is 18.3 Å². The van der Waals surface area contributed by atoms with Crippen molar-refractivity contribution in [2.75, 3.05) is 26.2 Å². The van der Waals surface area contributed by atoms with Gasteiger partial charge in [0.2, 0.25) is 0 Å². The molecule has 1 saturated carbocycles. The molecule has 1 aromatic heterocycles. The zero-order valence-electron chi connectivity index (χ0n) is 15.7. The molecule has 2 rings (SSSR count). The van der Waals surface area contributed by atoms with Crippen molar-refractivity contribution in [3.63, 3.8) is 0 Å². The first-order valence-electron chi connectivity index (χ1n) is 8.98. The summed E-state index contributed by atoms with van der Waals surface area (Å²) in [7, 11) is 0. The number of aryl methyl sites for hydroxylation is 1. The zero-order valence-corrected chi connectivity index (χ0v) is 18.9. The number of thiazole rings is 1. The molecule has 1 fully saturated rings. The Morgan fingerprint density at radius 3 is 2.77 bits per heavy atom. The molecule has 1 unspecified atom stereocenters. The van der Waals surface area contributed by atoms with Gasteiger partial charge in [-0.15, -0.1) is 35.3 Å². The van der Waals surface area contributed by atoms with E-state index < -0.39 is 0 Å². The van der Waals surface area contributed by atoms with E-state index >= 15 is 0 Å². The molecule has 0 spiro atoms. The van der Waals surface area contributed by atoms with E-state index in [9.17, 15) is 4.79 Å². The Morgan fingerprint density at radius 1 is 1.42 bits per heavy atom.